The Hall–Kier alpha value is -0.130. The summed E-state index contributed by atoms with van der Waals surface area (Å²) >= 11 is 0. The number of sulfone groups is 1. The summed E-state index contributed by atoms with van der Waals surface area (Å²) in [4.78, 5) is 1.98. The highest BCUT2D eigenvalue weighted by Gasteiger charge is 2.26. The second kappa shape index (κ2) is 4.39. The summed E-state index contributed by atoms with van der Waals surface area (Å²) in [7, 11) is -2.98. The molecule has 1 aliphatic rings. The van der Waals surface area contributed by atoms with Crippen LogP contribution in [0.3, 0.4) is 0 Å². The van der Waals surface area contributed by atoms with E-state index in [4.69, 9.17) is 0 Å². The molecule has 1 heterocycles. The van der Waals surface area contributed by atoms with Crippen molar-refractivity contribution in [1.82, 2.24) is 10.2 Å². The minimum atomic E-state index is -2.98. The Bertz CT molecular complexity index is 245. The summed E-state index contributed by atoms with van der Waals surface area (Å²) in [6.45, 7) is 7.02. The number of hydrogen-bond acceptors (Lipinski definition) is 4. The summed E-state index contributed by atoms with van der Waals surface area (Å²) in [6.07, 6.45) is 1.71. The molecular formula is C8H17N2O2S. The van der Waals surface area contributed by atoms with Gasteiger partial charge in [0.2, 0.25) is 0 Å². The summed E-state index contributed by atoms with van der Waals surface area (Å²) < 4.78 is 22.7. The van der Waals surface area contributed by atoms with Crippen LogP contribution in [0.1, 0.15) is 6.42 Å². The molecule has 1 rings (SSSR count). The van der Waals surface area contributed by atoms with Gasteiger partial charge in [0.25, 0.3) is 0 Å². The molecule has 0 bridgehead atoms. The van der Waals surface area contributed by atoms with Gasteiger partial charge < -0.3 is 5.32 Å². The molecule has 0 aromatic rings. The molecule has 77 valence electrons. The molecule has 13 heavy (non-hydrogen) atoms. The van der Waals surface area contributed by atoms with Gasteiger partial charge in [0, 0.05) is 32.4 Å². The van der Waals surface area contributed by atoms with Gasteiger partial charge in [-0.05, 0) is 6.42 Å². The van der Waals surface area contributed by atoms with E-state index in [-0.39, 0.29) is 0 Å². The first-order chi connectivity index (χ1) is 6.05. The second-order valence-electron chi connectivity index (χ2n) is 3.36. The van der Waals surface area contributed by atoms with Gasteiger partial charge in [-0.25, -0.2) is 8.42 Å². The van der Waals surface area contributed by atoms with Gasteiger partial charge in [-0.2, -0.15) is 0 Å². The Morgan fingerprint density at radius 2 is 2.00 bits per heavy atom. The third-order valence-corrected chi connectivity index (χ3v) is 3.82. The van der Waals surface area contributed by atoms with Crippen LogP contribution in [0, 0.1) is 6.92 Å². The lowest BCUT2D eigenvalue weighted by atomic mass is 10.3. The average Bonchev–Trinajstić information content (AvgIpc) is 2.05. The third-order valence-electron chi connectivity index (χ3n) is 2.30. The summed E-state index contributed by atoms with van der Waals surface area (Å²) in [5, 5.41) is 2.79. The molecule has 0 aromatic heterocycles. The Balaban J connectivity index is 2.65. The largest absolute Gasteiger partial charge is 0.314 e. The number of nitrogens with one attached hydrogen (secondary N) is 1. The van der Waals surface area contributed by atoms with Crippen LogP contribution < -0.4 is 5.32 Å². The SMILES string of the molecule is [CH2]CC(N1CCNCC1)S(C)(=O)=O. The minimum absolute atomic E-state index is 0.394. The molecule has 0 saturated carbocycles. The molecule has 1 aliphatic heterocycles. The van der Waals surface area contributed by atoms with Crippen molar-refractivity contribution in [2.75, 3.05) is 32.4 Å². The van der Waals surface area contributed by atoms with E-state index < -0.39 is 15.2 Å². The summed E-state index contributed by atoms with van der Waals surface area (Å²) in [5.41, 5.74) is 0. The monoisotopic (exact) mass is 205 g/mol. The topological polar surface area (TPSA) is 49.4 Å². The molecule has 1 atom stereocenters. The first-order valence-electron chi connectivity index (χ1n) is 4.48. The second-order valence-corrected chi connectivity index (χ2v) is 5.56. The van der Waals surface area contributed by atoms with Crippen molar-refractivity contribution in [2.45, 2.75) is 11.8 Å². The van der Waals surface area contributed by atoms with E-state index in [2.05, 4.69) is 12.2 Å². The summed E-state index contributed by atoms with van der Waals surface area (Å²) in [6, 6.07) is 0. The number of hydrogen-bond donors (Lipinski definition) is 1. The standard InChI is InChI=1S/C8H17N2O2S/c1-3-8(13(2,11)12)10-6-4-9-5-7-10/h8-9H,1,3-7H2,2H3. The molecular weight excluding hydrogens is 188 g/mol. The zero-order chi connectivity index (χ0) is 9.90. The summed E-state index contributed by atoms with van der Waals surface area (Å²) in [5.74, 6) is 0. The van der Waals surface area contributed by atoms with Crippen molar-refractivity contribution in [3.05, 3.63) is 6.92 Å². The molecule has 0 amide bonds. The Labute approximate surface area is 80.2 Å². The fourth-order valence-corrected chi connectivity index (χ4v) is 2.82. The predicted molar refractivity (Wildman–Crippen MR) is 53.0 cm³/mol. The van der Waals surface area contributed by atoms with E-state index in [0.717, 1.165) is 26.2 Å². The highest BCUT2D eigenvalue weighted by Crippen LogP contribution is 2.10. The highest BCUT2D eigenvalue weighted by atomic mass is 32.2. The first kappa shape index (κ1) is 10.9. The van der Waals surface area contributed by atoms with Gasteiger partial charge in [-0.3, -0.25) is 4.90 Å². The van der Waals surface area contributed by atoms with E-state index in [9.17, 15) is 8.42 Å². The third kappa shape index (κ3) is 2.93. The fraction of sp³-hybridized carbons (Fsp3) is 0.875. The van der Waals surface area contributed by atoms with Crippen LogP contribution in [-0.2, 0) is 9.84 Å². The maximum Gasteiger partial charge on any atom is 0.163 e. The number of nitrogens with zero attached hydrogens (tertiary/aromatic N) is 1. The number of piperazine rings is 1. The lowest BCUT2D eigenvalue weighted by Gasteiger charge is -2.32. The Kier molecular flexibility index (Phi) is 3.70. The van der Waals surface area contributed by atoms with Crippen LogP contribution >= 0.6 is 0 Å². The van der Waals surface area contributed by atoms with Gasteiger partial charge >= 0.3 is 0 Å². The highest BCUT2D eigenvalue weighted by molar-refractivity contribution is 7.91. The number of rotatable bonds is 3. The van der Waals surface area contributed by atoms with Crippen LogP contribution in [0.5, 0.6) is 0 Å². The minimum Gasteiger partial charge on any atom is -0.314 e. The van der Waals surface area contributed by atoms with E-state index in [1.54, 1.807) is 0 Å². The average molecular weight is 205 g/mol. The van der Waals surface area contributed by atoms with Crippen molar-refractivity contribution in [3.8, 4) is 0 Å². The maximum absolute atomic E-state index is 11.4. The van der Waals surface area contributed by atoms with Crippen molar-refractivity contribution in [3.63, 3.8) is 0 Å². The normalized spacial score (nSPS) is 22.9. The van der Waals surface area contributed by atoms with Crippen LogP contribution in [0.2, 0.25) is 0 Å². The molecule has 1 radical (unpaired) electrons. The molecule has 0 spiro atoms. The Morgan fingerprint density at radius 1 is 1.46 bits per heavy atom. The van der Waals surface area contributed by atoms with Crippen molar-refractivity contribution >= 4 is 9.84 Å². The van der Waals surface area contributed by atoms with Gasteiger partial charge in [0.15, 0.2) is 9.84 Å². The molecule has 0 aliphatic carbocycles. The van der Waals surface area contributed by atoms with Crippen molar-refractivity contribution in [1.29, 1.82) is 0 Å². The quantitative estimate of drug-likeness (QED) is 0.674. The van der Waals surface area contributed by atoms with Crippen LogP contribution in [0.25, 0.3) is 0 Å². The zero-order valence-corrected chi connectivity index (χ0v) is 8.81. The lowest BCUT2D eigenvalue weighted by Crippen LogP contribution is -2.50. The van der Waals surface area contributed by atoms with Crippen LogP contribution in [0.15, 0.2) is 0 Å². The molecule has 1 fully saturated rings. The van der Waals surface area contributed by atoms with Gasteiger partial charge in [-0.1, -0.05) is 6.92 Å². The van der Waals surface area contributed by atoms with Crippen molar-refractivity contribution < 1.29 is 8.42 Å². The first-order valence-corrected chi connectivity index (χ1v) is 6.44. The van der Waals surface area contributed by atoms with E-state index in [0.29, 0.717) is 6.42 Å². The van der Waals surface area contributed by atoms with Gasteiger partial charge in [0.05, 0.1) is 0 Å². The molecule has 5 heteroatoms. The molecule has 1 unspecified atom stereocenters. The Morgan fingerprint density at radius 3 is 2.38 bits per heavy atom. The van der Waals surface area contributed by atoms with Crippen LogP contribution in [0.4, 0.5) is 0 Å². The van der Waals surface area contributed by atoms with E-state index in [1.165, 1.54) is 6.26 Å². The van der Waals surface area contributed by atoms with Gasteiger partial charge in [-0.15, -0.1) is 0 Å². The zero-order valence-electron chi connectivity index (χ0n) is 7.99. The molecule has 1 N–H and O–H groups in total. The lowest BCUT2D eigenvalue weighted by molar-refractivity contribution is 0.218. The van der Waals surface area contributed by atoms with E-state index in [1.807, 2.05) is 4.90 Å². The molecule has 4 nitrogen and oxygen atoms in total. The smallest absolute Gasteiger partial charge is 0.163 e. The van der Waals surface area contributed by atoms with E-state index >= 15 is 0 Å². The fourth-order valence-electron chi connectivity index (χ4n) is 1.64. The molecule has 1 saturated heterocycles. The maximum atomic E-state index is 11.4. The predicted octanol–water partition coefficient (Wildman–Crippen LogP) is -0.514. The van der Waals surface area contributed by atoms with Crippen LogP contribution in [-0.4, -0.2) is 51.1 Å². The van der Waals surface area contributed by atoms with Gasteiger partial charge in [0.1, 0.15) is 5.37 Å². The van der Waals surface area contributed by atoms with Crippen molar-refractivity contribution in [2.24, 2.45) is 0 Å². The molecule has 0 aromatic carbocycles.